The van der Waals surface area contributed by atoms with E-state index in [4.69, 9.17) is 16.3 Å². The maximum absolute atomic E-state index is 11.9. The van der Waals surface area contributed by atoms with Crippen LogP contribution in [0.2, 0.25) is 5.02 Å². The van der Waals surface area contributed by atoms with Crippen LogP contribution in [-0.4, -0.2) is 24.6 Å². The number of nitrogens with one attached hydrogen (secondary N) is 2. The summed E-state index contributed by atoms with van der Waals surface area (Å²) in [6.45, 7) is 2.78. The van der Waals surface area contributed by atoms with Crippen LogP contribution in [0.1, 0.15) is 38.2 Å². The number of unbranched alkanes of at least 4 members (excludes halogenated alkanes) is 1. The van der Waals surface area contributed by atoms with Crippen LogP contribution in [0.15, 0.2) is 52.0 Å². The highest BCUT2D eigenvalue weighted by molar-refractivity contribution is 9.10. The minimum atomic E-state index is -0.346. The molecule has 0 aromatic heterocycles. The zero-order valence-electron chi connectivity index (χ0n) is 16.1. The molecule has 154 valence electrons. The summed E-state index contributed by atoms with van der Waals surface area (Å²) in [7, 11) is 0. The average molecular weight is 481 g/mol. The molecule has 0 saturated carbocycles. The van der Waals surface area contributed by atoms with Crippen molar-refractivity contribution in [3.05, 3.63) is 57.5 Å². The first-order chi connectivity index (χ1) is 14.0. The molecule has 0 radical (unpaired) electrons. The number of carbonyl (C=O) groups excluding carboxylic acids is 2. The molecule has 2 N–H and O–H groups in total. The third-order valence-corrected chi connectivity index (χ3v) is 4.66. The van der Waals surface area contributed by atoms with Gasteiger partial charge in [-0.05, 0) is 64.3 Å². The van der Waals surface area contributed by atoms with Crippen LogP contribution >= 0.6 is 27.5 Å². The van der Waals surface area contributed by atoms with E-state index < -0.39 is 0 Å². The molecule has 2 aromatic carbocycles. The van der Waals surface area contributed by atoms with E-state index in [1.165, 1.54) is 6.21 Å². The third kappa shape index (κ3) is 8.66. The van der Waals surface area contributed by atoms with Gasteiger partial charge in [-0.3, -0.25) is 9.59 Å². The molecule has 2 aromatic rings. The lowest BCUT2D eigenvalue weighted by Gasteiger charge is -2.08. The van der Waals surface area contributed by atoms with Crippen LogP contribution in [-0.2, 0) is 9.59 Å². The second kappa shape index (κ2) is 12.2. The number of amides is 2. The Bertz CT molecular complexity index is 874. The van der Waals surface area contributed by atoms with Crippen molar-refractivity contribution >= 4 is 51.2 Å². The fraction of sp³-hybridized carbons (Fsp3) is 0.286. The largest absolute Gasteiger partial charge is 0.492 e. The molecular formula is C21H23BrClN3O3. The molecule has 2 amide bonds. The smallest absolute Gasteiger partial charge is 0.240 e. The number of hydrazone groups is 1. The second-order valence-corrected chi connectivity index (χ2v) is 7.53. The van der Waals surface area contributed by atoms with Crippen LogP contribution < -0.4 is 15.5 Å². The number of hydrogen-bond acceptors (Lipinski definition) is 4. The molecule has 8 heteroatoms. The normalized spacial score (nSPS) is 10.7. The lowest BCUT2D eigenvalue weighted by molar-refractivity contribution is -0.124. The van der Waals surface area contributed by atoms with E-state index in [1.54, 1.807) is 24.3 Å². The van der Waals surface area contributed by atoms with E-state index in [0.29, 0.717) is 17.3 Å². The Hall–Kier alpha value is -2.38. The molecule has 29 heavy (non-hydrogen) atoms. The number of anilines is 1. The first kappa shape index (κ1) is 22.9. The Balaban J connectivity index is 1.74. The van der Waals surface area contributed by atoms with Crippen molar-refractivity contribution in [2.24, 2.45) is 5.10 Å². The number of benzene rings is 2. The molecule has 0 heterocycles. The van der Waals surface area contributed by atoms with Crippen molar-refractivity contribution < 1.29 is 14.3 Å². The first-order valence-electron chi connectivity index (χ1n) is 9.27. The first-order valence-corrected chi connectivity index (χ1v) is 10.4. The number of rotatable bonds is 10. The standard InChI is InChI=1S/C21H23BrClN3O3/c1-2-3-11-29-19-8-7-15(12-18(19)22)14-24-26-21(28)10-9-20(27)25-17-6-4-5-16(23)13-17/h4-8,12-14H,2-3,9-11H2,1H3,(H,25,27)(H,26,28). The highest BCUT2D eigenvalue weighted by atomic mass is 79.9. The van der Waals surface area contributed by atoms with Gasteiger partial charge in [0.05, 0.1) is 17.3 Å². The predicted molar refractivity (Wildman–Crippen MR) is 120 cm³/mol. The zero-order valence-corrected chi connectivity index (χ0v) is 18.4. The Morgan fingerprint density at radius 2 is 1.97 bits per heavy atom. The van der Waals surface area contributed by atoms with Gasteiger partial charge in [0.2, 0.25) is 11.8 Å². The molecule has 0 aliphatic carbocycles. The fourth-order valence-electron chi connectivity index (χ4n) is 2.29. The van der Waals surface area contributed by atoms with Crippen molar-refractivity contribution in [3.8, 4) is 5.75 Å². The summed E-state index contributed by atoms with van der Waals surface area (Å²) < 4.78 is 6.49. The van der Waals surface area contributed by atoms with Crippen LogP contribution in [0.4, 0.5) is 5.69 Å². The van der Waals surface area contributed by atoms with Crippen LogP contribution in [0, 0.1) is 0 Å². The van der Waals surface area contributed by atoms with Gasteiger partial charge in [0.15, 0.2) is 0 Å². The Kier molecular flexibility index (Phi) is 9.67. The summed E-state index contributed by atoms with van der Waals surface area (Å²) in [6.07, 6.45) is 3.68. The third-order valence-electron chi connectivity index (χ3n) is 3.80. The van der Waals surface area contributed by atoms with E-state index >= 15 is 0 Å². The highest BCUT2D eigenvalue weighted by Gasteiger charge is 2.07. The molecule has 0 aliphatic heterocycles. The van der Waals surface area contributed by atoms with Gasteiger partial charge in [-0.1, -0.05) is 31.0 Å². The van der Waals surface area contributed by atoms with E-state index in [9.17, 15) is 9.59 Å². The van der Waals surface area contributed by atoms with E-state index in [0.717, 1.165) is 28.6 Å². The fourth-order valence-corrected chi connectivity index (χ4v) is 2.99. The SMILES string of the molecule is CCCCOc1ccc(C=NNC(=O)CCC(=O)Nc2cccc(Cl)c2)cc1Br. The summed E-state index contributed by atoms with van der Waals surface area (Å²) in [5.41, 5.74) is 3.81. The highest BCUT2D eigenvalue weighted by Crippen LogP contribution is 2.25. The number of hydrogen-bond donors (Lipinski definition) is 2. The molecule has 0 atom stereocenters. The van der Waals surface area contributed by atoms with Crippen molar-refractivity contribution in [2.45, 2.75) is 32.6 Å². The number of ether oxygens (including phenoxy) is 1. The van der Waals surface area contributed by atoms with Crippen LogP contribution in [0.25, 0.3) is 0 Å². The van der Waals surface area contributed by atoms with Gasteiger partial charge in [-0.25, -0.2) is 5.43 Å². The van der Waals surface area contributed by atoms with E-state index in [2.05, 4.69) is 38.7 Å². The second-order valence-electron chi connectivity index (χ2n) is 6.24. The molecule has 2 rings (SSSR count). The molecule has 0 unspecified atom stereocenters. The predicted octanol–water partition coefficient (Wildman–Crippen LogP) is 5.15. The Morgan fingerprint density at radius 1 is 1.17 bits per heavy atom. The minimum Gasteiger partial charge on any atom is -0.492 e. The molecule has 0 aliphatic rings. The van der Waals surface area contributed by atoms with E-state index in [-0.39, 0.29) is 24.7 Å². The molecule has 0 bridgehead atoms. The molecule has 0 spiro atoms. The van der Waals surface area contributed by atoms with Crippen LogP contribution in [0.3, 0.4) is 0 Å². The van der Waals surface area contributed by atoms with Crippen molar-refractivity contribution in [1.82, 2.24) is 5.43 Å². The van der Waals surface area contributed by atoms with Gasteiger partial charge < -0.3 is 10.1 Å². The summed E-state index contributed by atoms with van der Waals surface area (Å²) in [6, 6.07) is 12.4. The monoisotopic (exact) mass is 479 g/mol. The van der Waals surface area contributed by atoms with Gasteiger partial charge in [-0.15, -0.1) is 0 Å². The quantitative estimate of drug-likeness (QED) is 0.280. The maximum atomic E-state index is 11.9. The summed E-state index contributed by atoms with van der Waals surface area (Å²) in [5.74, 6) is 0.153. The topological polar surface area (TPSA) is 79.8 Å². The molecular weight excluding hydrogens is 458 g/mol. The Labute approximate surface area is 183 Å². The average Bonchev–Trinajstić information content (AvgIpc) is 2.68. The summed E-state index contributed by atoms with van der Waals surface area (Å²) in [5, 5.41) is 7.15. The van der Waals surface area contributed by atoms with Crippen molar-refractivity contribution in [1.29, 1.82) is 0 Å². The molecule has 0 saturated heterocycles. The molecule has 0 fully saturated rings. The lowest BCUT2D eigenvalue weighted by atomic mass is 10.2. The number of nitrogens with zero attached hydrogens (tertiary/aromatic N) is 1. The number of halogens is 2. The summed E-state index contributed by atoms with van der Waals surface area (Å²) in [4.78, 5) is 23.8. The van der Waals surface area contributed by atoms with E-state index in [1.807, 2.05) is 18.2 Å². The number of carbonyl (C=O) groups is 2. The summed E-state index contributed by atoms with van der Waals surface area (Å²) >= 11 is 9.33. The van der Waals surface area contributed by atoms with Gasteiger partial charge in [0.25, 0.3) is 0 Å². The zero-order chi connectivity index (χ0) is 21.1. The lowest BCUT2D eigenvalue weighted by Crippen LogP contribution is -2.20. The van der Waals surface area contributed by atoms with Crippen molar-refractivity contribution in [2.75, 3.05) is 11.9 Å². The van der Waals surface area contributed by atoms with Gasteiger partial charge in [-0.2, -0.15) is 5.10 Å². The van der Waals surface area contributed by atoms with Gasteiger partial charge >= 0.3 is 0 Å². The maximum Gasteiger partial charge on any atom is 0.240 e. The van der Waals surface area contributed by atoms with Gasteiger partial charge in [0.1, 0.15) is 5.75 Å². The molecule has 6 nitrogen and oxygen atoms in total. The Morgan fingerprint density at radius 3 is 2.69 bits per heavy atom. The minimum absolute atomic E-state index is 0.0254. The van der Waals surface area contributed by atoms with Crippen LogP contribution in [0.5, 0.6) is 5.75 Å². The van der Waals surface area contributed by atoms with Gasteiger partial charge in [0, 0.05) is 23.6 Å². The van der Waals surface area contributed by atoms with Crippen molar-refractivity contribution in [3.63, 3.8) is 0 Å².